The van der Waals surface area contributed by atoms with E-state index in [0.29, 0.717) is 18.3 Å². The van der Waals surface area contributed by atoms with E-state index in [1.165, 1.54) is 35.1 Å². The molecule has 168 valence electrons. The fourth-order valence-electron chi connectivity index (χ4n) is 5.06. The van der Waals surface area contributed by atoms with E-state index in [9.17, 15) is 20.4 Å². The number of aliphatic hydroxyl groups is 4. The highest BCUT2D eigenvalue weighted by Gasteiger charge is 2.43. The van der Waals surface area contributed by atoms with E-state index in [-0.39, 0.29) is 12.5 Å². The van der Waals surface area contributed by atoms with E-state index in [1.54, 1.807) is 0 Å². The van der Waals surface area contributed by atoms with Crippen molar-refractivity contribution in [2.24, 2.45) is 5.92 Å². The molecule has 0 amide bonds. The SMILES string of the molecule is CCC(C)c1ccc(Cc2cc([C@@H]3C[C@H](CO)[C@@H](O)[C@H](O)[C@H]3O)ccc2C2CC2)cc1. The van der Waals surface area contributed by atoms with Crippen LogP contribution in [0.2, 0.25) is 0 Å². The average molecular weight is 425 g/mol. The molecule has 4 nitrogen and oxygen atoms in total. The maximum absolute atomic E-state index is 10.7. The Morgan fingerprint density at radius 2 is 1.65 bits per heavy atom. The molecule has 0 bridgehead atoms. The lowest BCUT2D eigenvalue weighted by Gasteiger charge is -2.40. The standard InChI is InChI=1S/C27H36O4/c1-3-16(2)18-6-4-17(5-7-18)12-21-13-20(10-11-23(21)19-8-9-19)24-14-22(15-28)25(29)27(31)26(24)30/h4-7,10-11,13,16,19,22,24-31H,3,8-9,12,14-15H2,1-2H3/t16?,22-,24+,25-,26+,27+/m1/s1. The topological polar surface area (TPSA) is 80.9 Å². The van der Waals surface area contributed by atoms with Gasteiger partial charge in [0.2, 0.25) is 0 Å². The zero-order valence-electron chi connectivity index (χ0n) is 18.6. The molecule has 0 aliphatic heterocycles. The van der Waals surface area contributed by atoms with Crippen molar-refractivity contribution in [3.63, 3.8) is 0 Å². The lowest BCUT2D eigenvalue weighted by molar-refractivity contribution is -0.127. The Kier molecular flexibility index (Phi) is 6.83. The van der Waals surface area contributed by atoms with Crippen LogP contribution in [0.1, 0.15) is 85.1 Å². The van der Waals surface area contributed by atoms with Crippen LogP contribution in [0, 0.1) is 5.92 Å². The average Bonchev–Trinajstić information content (AvgIpc) is 3.63. The van der Waals surface area contributed by atoms with Crippen LogP contribution in [0.4, 0.5) is 0 Å². The van der Waals surface area contributed by atoms with Gasteiger partial charge in [-0.3, -0.25) is 0 Å². The number of rotatable bonds is 7. The summed E-state index contributed by atoms with van der Waals surface area (Å²) in [6.07, 6.45) is 1.52. The minimum Gasteiger partial charge on any atom is -0.396 e. The summed E-state index contributed by atoms with van der Waals surface area (Å²) in [6, 6.07) is 15.4. The van der Waals surface area contributed by atoms with Crippen LogP contribution in [0.3, 0.4) is 0 Å². The molecule has 0 spiro atoms. The zero-order valence-corrected chi connectivity index (χ0v) is 18.6. The molecule has 0 heterocycles. The van der Waals surface area contributed by atoms with Gasteiger partial charge < -0.3 is 20.4 Å². The van der Waals surface area contributed by atoms with Crippen molar-refractivity contribution in [2.75, 3.05) is 6.61 Å². The third kappa shape index (κ3) is 4.73. The molecule has 4 heteroatoms. The second kappa shape index (κ2) is 9.41. The largest absolute Gasteiger partial charge is 0.396 e. The summed E-state index contributed by atoms with van der Waals surface area (Å²) in [5.74, 6) is 0.462. The highest BCUT2D eigenvalue weighted by atomic mass is 16.4. The van der Waals surface area contributed by atoms with Crippen LogP contribution >= 0.6 is 0 Å². The summed E-state index contributed by atoms with van der Waals surface area (Å²) in [5, 5.41) is 40.8. The predicted molar refractivity (Wildman–Crippen MR) is 122 cm³/mol. The minimum absolute atomic E-state index is 0.197. The lowest BCUT2D eigenvalue weighted by atomic mass is 9.72. The van der Waals surface area contributed by atoms with E-state index in [1.807, 2.05) is 0 Å². The Bertz CT molecular complexity index is 871. The van der Waals surface area contributed by atoms with Gasteiger partial charge in [0.1, 0.15) is 6.10 Å². The van der Waals surface area contributed by atoms with Crippen LogP contribution in [0.15, 0.2) is 42.5 Å². The monoisotopic (exact) mass is 424 g/mol. The maximum atomic E-state index is 10.7. The first-order chi connectivity index (χ1) is 14.9. The molecule has 2 aliphatic carbocycles. The Morgan fingerprint density at radius 1 is 0.935 bits per heavy atom. The number of hydrogen-bond donors (Lipinski definition) is 4. The Balaban J connectivity index is 1.61. The van der Waals surface area contributed by atoms with Crippen molar-refractivity contribution >= 4 is 0 Å². The highest BCUT2D eigenvalue weighted by Crippen LogP contribution is 2.44. The van der Waals surface area contributed by atoms with E-state index in [2.05, 4.69) is 56.3 Å². The quantitative estimate of drug-likeness (QED) is 0.544. The number of benzene rings is 2. The third-order valence-corrected chi connectivity index (χ3v) is 7.55. The zero-order chi connectivity index (χ0) is 22.1. The molecule has 0 aromatic heterocycles. The molecule has 2 fully saturated rings. The van der Waals surface area contributed by atoms with Crippen LogP contribution in [-0.4, -0.2) is 45.3 Å². The molecular formula is C27H36O4. The molecule has 2 aliphatic rings. The summed E-state index contributed by atoms with van der Waals surface area (Å²) < 4.78 is 0. The molecule has 31 heavy (non-hydrogen) atoms. The molecule has 2 aromatic carbocycles. The van der Waals surface area contributed by atoms with Crippen molar-refractivity contribution in [1.82, 2.24) is 0 Å². The summed E-state index contributed by atoms with van der Waals surface area (Å²) >= 11 is 0. The van der Waals surface area contributed by atoms with Crippen LogP contribution in [0.25, 0.3) is 0 Å². The smallest absolute Gasteiger partial charge is 0.107 e. The van der Waals surface area contributed by atoms with E-state index in [0.717, 1.165) is 18.4 Å². The molecule has 6 atom stereocenters. The first-order valence-electron chi connectivity index (χ1n) is 11.8. The first kappa shape index (κ1) is 22.5. The van der Waals surface area contributed by atoms with Gasteiger partial charge >= 0.3 is 0 Å². The summed E-state index contributed by atoms with van der Waals surface area (Å²) in [7, 11) is 0. The van der Waals surface area contributed by atoms with Crippen molar-refractivity contribution in [3.05, 3.63) is 70.3 Å². The van der Waals surface area contributed by atoms with Crippen molar-refractivity contribution in [2.45, 2.75) is 82.0 Å². The molecule has 0 radical (unpaired) electrons. The summed E-state index contributed by atoms with van der Waals surface area (Å²) in [4.78, 5) is 0. The normalized spacial score (nSPS) is 29.7. The predicted octanol–water partition coefficient (Wildman–Crippen LogP) is 3.85. The van der Waals surface area contributed by atoms with Gasteiger partial charge in [-0.05, 0) is 71.8 Å². The van der Waals surface area contributed by atoms with E-state index < -0.39 is 24.2 Å². The van der Waals surface area contributed by atoms with Crippen LogP contribution in [0.5, 0.6) is 0 Å². The maximum Gasteiger partial charge on any atom is 0.107 e. The molecule has 0 saturated heterocycles. The van der Waals surface area contributed by atoms with Crippen molar-refractivity contribution in [3.8, 4) is 0 Å². The second-order valence-electron chi connectivity index (χ2n) is 9.72. The highest BCUT2D eigenvalue weighted by molar-refractivity contribution is 5.42. The summed E-state index contributed by atoms with van der Waals surface area (Å²) in [6.45, 7) is 4.27. The molecule has 2 aromatic rings. The van der Waals surface area contributed by atoms with Gasteiger partial charge in [-0.25, -0.2) is 0 Å². The summed E-state index contributed by atoms with van der Waals surface area (Å²) in [5.41, 5.74) is 6.30. The van der Waals surface area contributed by atoms with Gasteiger partial charge in [0, 0.05) is 18.4 Å². The van der Waals surface area contributed by atoms with Gasteiger partial charge in [-0.1, -0.05) is 56.3 Å². The Labute approximate surface area is 185 Å². The molecular weight excluding hydrogens is 388 g/mol. The molecule has 4 N–H and O–H groups in total. The molecule has 4 rings (SSSR count). The molecule has 1 unspecified atom stereocenters. The van der Waals surface area contributed by atoms with Crippen LogP contribution in [-0.2, 0) is 6.42 Å². The van der Waals surface area contributed by atoms with Crippen molar-refractivity contribution in [1.29, 1.82) is 0 Å². The van der Waals surface area contributed by atoms with Gasteiger partial charge in [0.05, 0.1) is 12.2 Å². The lowest BCUT2D eigenvalue weighted by Crippen LogP contribution is -2.51. The first-order valence-corrected chi connectivity index (χ1v) is 11.8. The van der Waals surface area contributed by atoms with Crippen LogP contribution < -0.4 is 0 Å². The fraction of sp³-hybridized carbons (Fsp3) is 0.556. The van der Waals surface area contributed by atoms with E-state index in [4.69, 9.17) is 0 Å². The Morgan fingerprint density at radius 3 is 2.26 bits per heavy atom. The van der Waals surface area contributed by atoms with Crippen molar-refractivity contribution < 1.29 is 20.4 Å². The Hall–Kier alpha value is -1.72. The second-order valence-corrected chi connectivity index (χ2v) is 9.72. The number of hydrogen-bond acceptors (Lipinski definition) is 4. The number of aliphatic hydroxyl groups excluding tert-OH is 4. The minimum atomic E-state index is -1.24. The van der Waals surface area contributed by atoms with Gasteiger partial charge in [0.15, 0.2) is 0 Å². The van der Waals surface area contributed by atoms with E-state index >= 15 is 0 Å². The van der Waals surface area contributed by atoms with Gasteiger partial charge in [-0.15, -0.1) is 0 Å². The third-order valence-electron chi connectivity index (χ3n) is 7.55. The van der Waals surface area contributed by atoms with Gasteiger partial charge in [-0.2, -0.15) is 0 Å². The molecule has 2 saturated carbocycles. The fourth-order valence-corrected chi connectivity index (χ4v) is 5.06. The van der Waals surface area contributed by atoms with Gasteiger partial charge in [0.25, 0.3) is 0 Å².